The molecule has 0 fully saturated rings. The van der Waals surface area contributed by atoms with E-state index in [1.165, 1.54) is 44.5 Å². The first-order chi connectivity index (χ1) is 19.6. The molecule has 2 aliphatic rings. The van der Waals surface area contributed by atoms with Crippen molar-refractivity contribution in [2.45, 2.75) is 19.3 Å². The summed E-state index contributed by atoms with van der Waals surface area (Å²) in [5, 5.41) is 0. The fourth-order valence-corrected chi connectivity index (χ4v) is 24.4. The number of allylic oxidation sites excluding steroid dienone is 4. The first kappa shape index (κ1) is 25.3. The molecule has 7 rings (SSSR count). The second-order valence-electron chi connectivity index (χ2n) is 12.1. The monoisotopic (exact) mass is 592 g/mol. The van der Waals surface area contributed by atoms with Crippen LogP contribution in [-0.4, -0.2) is 3.21 Å². The number of hydrogen-bond acceptors (Lipinski definition) is 0. The molecule has 2 aliphatic carbocycles. The van der Waals surface area contributed by atoms with Crippen molar-refractivity contribution >= 4 is 8.78 Å². The fourth-order valence-electron chi connectivity index (χ4n) is 7.74. The van der Waals surface area contributed by atoms with Crippen molar-refractivity contribution in [3.63, 3.8) is 0 Å². The third-order valence-electron chi connectivity index (χ3n) is 9.56. The van der Waals surface area contributed by atoms with Gasteiger partial charge in [-0.2, -0.15) is 0 Å². The summed E-state index contributed by atoms with van der Waals surface area (Å²) in [6, 6.07) is 51.8. The van der Waals surface area contributed by atoms with E-state index in [0.717, 1.165) is 6.42 Å². The van der Waals surface area contributed by atoms with Gasteiger partial charge in [0.1, 0.15) is 0 Å². The topological polar surface area (TPSA) is 0 Å². The van der Waals surface area contributed by atoms with Crippen LogP contribution < -0.4 is 0 Å². The van der Waals surface area contributed by atoms with Crippen LogP contribution in [0.25, 0.3) is 16.7 Å². The van der Waals surface area contributed by atoms with Crippen LogP contribution in [0.4, 0.5) is 0 Å². The van der Waals surface area contributed by atoms with E-state index in [2.05, 4.69) is 161 Å². The maximum absolute atomic E-state index is 4.28. The molecule has 0 N–H and O–H groups in total. The number of rotatable bonds is 5. The third-order valence-corrected chi connectivity index (χ3v) is 26.3. The summed E-state index contributed by atoms with van der Waals surface area (Å²) < 4.78 is 9.04. The van der Waals surface area contributed by atoms with Gasteiger partial charge in [-0.15, -0.1) is 0 Å². The third kappa shape index (κ3) is 3.87. The van der Waals surface area contributed by atoms with Crippen molar-refractivity contribution in [2.24, 2.45) is 0 Å². The number of fused-ring (bicyclic) bond motifs is 3. The van der Waals surface area contributed by atoms with Crippen molar-refractivity contribution in [1.29, 1.82) is 0 Å². The summed E-state index contributed by atoms with van der Waals surface area (Å²) in [7, 11) is 0. The van der Waals surface area contributed by atoms with Crippen LogP contribution in [-0.2, 0) is 18.3 Å². The standard InChI is InChI=1S/C13H9.C13H10.C11H9.2CH3.Zr/c1-3-7-12-10(5-1)9-11-6-2-4-8-13(11)12;1-3-7-12(8-4-1)11-13-9-5-2-6-10-13;1-2-6-10(7-3-1)11-8-4-5-9-11;;;/h1-9H;1-10H;1-3,6-9H,4H2;2*1H3;. The Morgan fingerprint density at radius 1 is 0.550 bits per heavy atom. The van der Waals surface area contributed by atoms with Gasteiger partial charge in [-0.3, -0.25) is 0 Å². The van der Waals surface area contributed by atoms with E-state index < -0.39 is 18.3 Å². The van der Waals surface area contributed by atoms with Crippen molar-refractivity contribution < 1.29 is 18.3 Å². The molecule has 0 heterocycles. The fraction of sp³-hybridized carbons (Fsp3) is 0.103. The van der Waals surface area contributed by atoms with E-state index in [1.807, 2.05) is 0 Å². The summed E-state index contributed by atoms with van der Waals surface area (Å²) in [6.45, 7) is 0. The number of hydrogen-bond donors (Lipinski definition) is 0. The quantitative estimate of drug-likeness (QED) is 0.190. The Hall–Kier alpha value is -3.67. The summed E-state index contributed by atoms with van der Waals surface area (Å²) in [4.78, 5) is 0. The minimum atomic E-state index is -4.28. The molecular weight excluding hydrogens is 560 g/mol. The Balaban J connectivity index is 1.64. The predicted molar refractivity (Wildman–Crippen MR) is 169 cm³/mol. The van der Waals surface area contributed by atoms with Gasteiger partial charge >= 0.3 is 240 Å². The molecule has 194 valence electrons. The van der Waals surface area contributed by atoms with E-state index >= 15 is 0 Å². The van der Waals surface area contributed by atoms with Crippen molar-refractivity contribution in [1.82, 2.24) is 0 Å². The molecule has 40 heavy (non-hydrogen) atoms. The first-order valence-corrected chi connectivity index (χ1v) is 23.2. The van der Waals surface area contributed by atoms with E-state index in [1.54, 1.807) is 6.49 Å². The maximum atomic E-state index is 2.73. The van der Waals surface area contributed by atoms with Crippen LogP contribution in [0.5, 0.6) is 0 Å². The SMILES string of the molecule is [CH3][Zr]([CH3])([C]1=CC(c2ccccc2)=CC1)(=[C](c1ccccc1)c1ccccc1)[CH]1c2ccccc2-c2ccccc21. The average Bonchev–Trinajstić information content (AvgIpc) is 3.64. The molecular formula is C39H34Zr. The molecule has 0 aromatic heterocycles. The van der Waals surface area contributed by atoms with Gasteiger partial charge in [0, 0.05) is 0 Å². The van der Waals surface area contributed by atoms with E-state index in [9.17, 15) is 0 Å². The minimum absolute atomic E-state index is 0.346. The van der Waals surface area contributed by atoms with Gasteiger partial charge in [0.2, 0.25) is 0 Å². The van der Waals surface area contributed by atoms with Crippen molar-refractivity contribution in [3.8, 4) is 11.1 Å². The van der Waals surface area contributed by atoms with Crippen LogP contribution in [0.1, 0.15) is 37.9 Å². The zero-order valence-corrected chi connectivity index (χ0v) is 25.7. The molecule has 0 amide bonds. The molecule has 0 bridgehead atoms. The number of benzene rings is 5. The first-order valence-electron chi connectivity index (χ1n) is 14.4. The molecule has 0 aliphatic heterocycles. The Bertz CT molecular complexity index is 1760. The van der Waals surface area contributed by atoms with Crippen molar-refractivity contribution in [3.05, 3.63) is 183 Å². The zero-order chi connectivity index (χ0) is 27.2. The molecule has 0 unspecified atom stereocenters. The van der Waals surface area contributed by atoms with E-state index in [0.29, 0.717) is 3.63 Å². The molecule has 0 saturated heterocycles. The van der Waals surface area contributed by atoms with Gasteiger partial charge in [-0.1, -0.05) is 0 Å². The second kappa shape index (κ2) is 9.76. The Kier molecular flexibility index (Phi) is 6.17. The average molecular weight is 594 g/mol. The molecule has 0 nitrogen and oxygen atoms in total. The molecule has 5 aromatic carbocycles. The summed E-state index contributed by atoms with van der Waals surface area (Å²) >= 11 is -4.28. The van der Waals surface area contributed by atoms with E-state index in [4.69, 9.17) is 0 Å². The Labute approximate surface area is 239 Å². The van der Waals surface area contributed by atoms with Crippen LogP contribution in [0.2, 0.25) is 9.26 Å². The van der Waals surface area contributed by atoms with Gasteiger partial charge in [-0.05, 0) is 0 Å². The normalized spacial score (nSPS) is 14.8. The van der Waals surface area contributed by atoms with Crippen LogP contribution in [0.15, 0.2) is 155 Å². The van der Waals surface area contributed by atoms with Crippen LogP contribution in [0, 0.1) is 0 Å². The van der Waals surface area contributed by atoms with E-state index in [-0.39, 0.29) is 0 Å². The summed E-state index contributed by atoms with van der Waals surface area (Å²) in [5.74, 6) is 0. The molecule has 0 saturated carbocycles. The van der Waals surface area contributed by atoms with Gasteiger partial charge in [-0.25, -0.2) is 0 Å². The van der Waals surface area contributed by atoms with Crippen LogP contribution >= 0.6 is 0 Å². The van der Waals surface area contributed by atoms with Crippen molar-refractivity contribution in [2.75, 3.05) is 0 Å². The predicted octanol–water partition coefficient (Wildman–Crippen LogP) is 10.2. The van der Waals surface area contributed by atoms with Gasteiger partial charge in [0.05, 0.1) is 0 Å². The molecule has 0 atom stereocenters. The molecule has 0 spiro atoms. The summed E-state index contributed by atoms with van der Waals surface area (Å²) in [6.07, 6.45) is 6.06. The summed E-state index contributed by atoms with van der Waals surface area (Å²) in [5.41, 5.74) is 11.2. The second-order valence-corrected chi connectivity index (χ2v) is 28.6. The Morgan fingerprint density at radius 3 is 1.52 bits per heavy atom. The molecule has 5 aromatic rings. The zero-order valence-electron chi connectivity index (χ0n) is 23.2. The molecule has 0 radical (unpaired) electrons. The van der Waals surface area contributed by atoms with Gasteiger partial charge < -0.3 is 0 Å². The Morgan fingerprint density at radius 2 is 1.00 bits per heavy atom. The van der Waals surface area contributed by atoms with Crippen LogP contribution in [0.3, 0.4) is 0 Å². The van der Waals surface area contributed by atoms with Gasteiger partial charge in [0.25, 0.3) is 0 Å². The van der Waals surface area contributed by atoms with Gasteiger partial charge in [0.15, 0.2) is 0 Å². The molecule has 1 heteroatoms.